The van der Waals surface area contributed by atoms with Crippen LogP contribution in [0, 0.1) is 0 Å². The predicted molar refractivity (Wildman–Crippen MR) is 51.2 cm³/mol. The molecule has 0 saturated heterocycles. The topological polar surface area (TPSA) is 70.9 Å². The van der Waals surface area contributed by atoms with Gasteiger partial charge >= 0.3 is 6.09 Å². The largest absolute Gasteiger partial charge is 0.508 e. The van der Waals surface area contributed by atoms with Gasteiger partial charge in [-0.3, -0.25) is 0 Å². The zero-order chi connectivity index (χ0) is 10.4. The Balaban J connectivity index is 2.56. The average molecular weight is 194 g/mol. The molecule has 0 bridgehead atoms. The molecule has 74 valence electrons. The molecule has 5 nitrogen and oxygen atoms in total. The van der Waals surface area contributed by atoms with Crippen LogP contribution in [-0.2, 0) is 4.74 Å². The Bertz CT molecular complexity index is 350. The minimum absolute atomic E-state index is 0.145. The quantitative estimate of drug-likeness (QED) is 0.546. The van der Waals surface area contributed by atoms with Crippen LogP contribution >= 0.6 is 0 Å². The van der Waals surface area contributed by atoms with Gasteiger partial charge < -0.3 is 9.84 Å². The lowest BCUT2D eigenvalue weighted by Gasteiger charge is -1.96. The Morgan fingerprint density at radius 2 is 2.43 bits per heavy atom. The standard InChI is InChI=1S/C9H10N2O3/c1-14-9(13)11-10-6-7-3-2-4-8(12)5-7/h2-6,12H,1H3,(H,11,13). The monoisotopic (exact) mass is 194 g/mol. The van der Waals surface area contributed by atoms with Gasteiger partial charge in [0.05, 0.1) is 13.3 Å². The lowest BCUT2D eigenvalue weighted by molar-refractivity contribution is 0.171. The third-order valence-electron chi connectivity index (χ3n) is 1.43. The van der Waals surface area contributed by atoms with E-state index in [0.717, 1.165) is 0 Å². The Kier molecular flexibility index (Phi) is 3.49. The highest BCUT2D eigenvalue weighted by atomic mass is 16.5. The highest BCUT2D eigenvalue weighted by Crippen LogP contribution is 2.08. The van der Waals surface area contributed by atoms with E-state index in [4.69, 9.17) is 5.11 Å². The van der Waals surface area contributed by atoms with Crippen LogP contribution in [0.2, 0.25) is 0 Å². The lowest BCUT2D eigenvalue weighted by Crippen LogP contribution is -2.16. The normalized spacial score (nSPS) is 10.1. The number of carbonyl (C=O) groups is 1. The summed E-state index contributed by atoms with van der Waals surface area (Å²) in [4.78, 5) is 10.6. The summed E-state index contributed by atoms with van der Waals surface area (Å²) in [7, 11) is 1.25. The van der Waals surface area contributed by atoms with E-state index in [9.17, 15) is 4.79 Å². The van der Waals surface area contributed by atoms with Gasteiger partial charge in [-0.2, -0.15) is 5.10 Å². The molecule has 0 radical (unpaired) electrons. The Hall–Kier alpha value is -2.04. The number of rotatable bonds is 2. The number of hydrogen-bond donors (Lipinski definition) is 2. The van der Waals surface area contributed by atoms with Crippen molar-refractivity contribution < 1.29 is 14.6 Å². The number of carbonyl (C=O) groups excluding carboxylic acids is 1. The van der Waals surface area contributed by atoms with Gasteiger partial charge in [-0.25, -0.2) is 10.2 Å². The maximum atomic E-state index is 10.6. The van der Waals surface area contributed by atoms with Gasteiger partial charge in [0.2, 0.25) is 0 Å². The number of amides is 1. The summed E-state index contributed by atoms with van der Waals surface area (Å²) >= 11 is 0. The summed E-state index contributed by atoms with van der Waals surface area (Å²) in [5, 5.41) is 12.7. The fourth-order valence-electron chi connectivity index (χ4n) is 0.810. The van der Waals surface area contributed by atoms with Crippen LogP contribution in [-0.4, -0.2) is 24.5 Å². The van der Waals surface area contributed by atoms with Crippen molar-refractivity contribution >= 4 is 12.3 Å². The van der Waals surface area contributed by atoms with Crippen LogP contribution in [0.4, 0.5) is 4.79 Å². The number of phenolic OH excluding ortho intramolecular Hbond substituents is 1. The van der Waals surface area contributed by atoms with Crippen molar-refractivity contribution in [3.63, 3.8) is 0 Å². The second kappa shape index (κ2) is 4.86. The fraction of sp³-hybridized carbons (Fsp3) is 0.111. The summed E-state index contributed by atoms with van der Waals surface area (Å²) in [6, 6.07) is 6.48. The molecule has 1 aromatic rings. The highest BCUT2D eigenvalue weighted by Gasteiger charge is 1.93. The molecule has 2 N–H and O–H groups in total. The van der Waals surface area contributed by atoms with E-state index >= 15 is 0 Å². The first kappa shape index (κ1) is 10.0. The molecule has 0 aliphatic carbocycles. The van der Waals surface area contributed by atoms with Crippen molar-refractivity contribution in [3.05, 3.63) is 29.8 Å². The first-order valence-corrected chi connectivity index (χ1v) is 3.88. The average Bonchev–Trinajstić information content (AvgIpc) is 2.17. The number of aromatic hydroxyl groups is 1. The number of nitrogens with zero attached hydrogens (tertiary/aromatic N) is 1. The molecule has 14 heavy (non-hydrogen) atoms. The molecular formula is C9H10N2O3. The molecule has 0 unspecified atom stereocenters. The number of nitrogens with one attached hydrogen (secondary N) is 1. The maximum absolute atomic E-state index is 10.6. The van der Waals surface area contributed by atoms with Crippen LogP contribution in [0.5, 0.6) is 5.75 Å². The first-order chi connectivity index (χ1) is 6.72. The van der Waals surface area contributed by atoms with Gasteiger partial charge in [-0.05, 0) is 17.7 Å². The van der Waals surface area contributed by atoms with Crippen LogP contribution in [0.3, 0.4) is 0 Å². The SMILES string of the molecule is COC(=O)NN=Cc1cccc(O)c1. The number of ether oxygens (including phenoxy) is 1. The molecular weight excluding hydrogens is 184 g/mol. The molecule has 1 aromatic carbocycles. The van der Waals surface area contributed by atoms with Gasteiger partial charge in [0.25, 0.3) is 0 Å². The second-order valence-corrected chi connectivity index (χ2v) is 2.46. The summed E-state index contributed by atoms with van der Waals surface area (Å²) < 4.78 is 4.30. The van der Waals surface area contributed by atoms with Crippen LogP contribution < -0.4 is 5.43 Å². The van der Waals surface area contributed by atoms with Gasteiger partial charge in [-0.1, -0.05) is 12.1 Å². The Labute approximate surface area is 81.0 Å². The Morgan fingerprint density at radius 1 is 1.64 bits per heavy atom. The molecule has 1 amide bonds. The maximum Gasteiger partial charge on any atom is 0.427 e. The van der Waals surface area contributed by atoms with E-state index in [1.54, 1.807) is 18.2 Å². The van der Waals surface area contributed by atoms with Crippen LogP contribution in [0.25, 0.3) is 0 Å². The van der Waals surface area contributed by atoms with Crippen molar-refractivity contribution in [2.24, 2.45) is 5.10 Å². The molecule has 0 aliphatic rings. The zero-order valence-electron chi connectivity index (χ0n) is 7.60. The minimum atomic E-state index is -0.638. The lowest BCUT2D eigenvalue weighted by atomic mass is 10.2. The molecule has 0 atom stereocenters. The number of phenols is 1. The number of methoxy groups -OCH3 is 1. The molecule has 0 saturated carbocycles. The number of hydrogen-bond acceptors (Lipinski definition) is 4. The fourth-order valence-corrected chi connectivity index (χ4v) is 0.810. The predicted octanol–water partition coefficient (Wildman–Crippen LogP) is 1.08. The van der Waals surface area contributed by atoms with E-state index in [1.807, 2.05) is 0 Å². The summed E-state index contributed by atoms with van der Waals surface area (Å²) in [6.07, 6.45) is 0.762. The summed E-state index contributed by atoms with van der Waals surface area (Å²) in [6.45, 7) is 0. The van der Waals surface area contributed by atoms with Crippen molar-refractivity contribution in [2.75, 3.05) is 7.11 Å². The minimum Gasteiger partial charge on any atom is -0.508 e. The van der Waals surface area contributed by atoms with Gasteiger partial charge in [-0.15, -0.1) is 0 Å². The van der Waals surface area contributed by atoms with E-state index in [1.165, 1.54) is 19.4 Å². The van der Waals surface area contributed by atoms with Gasteiger partial charge in [0.1, 0.15) is 5.75 Å². The summed E-state index contributed by atoms with van der Waals surface area (Å²) in [5.41, 5.74) is 2.81. The number of hydrazone groups is 1. The Morgan fingerprint density at radius 3 is 3.07 bits per heavy atom. The van der Waals surface area contributed by atoms with E-state index in [2.05, 4.69) is 15.3 Å². The third kappa shape index (κ3) is 3.14. The van der Waals surface area contributed by atoms with E-state index in [0.29, 0.717) is 5.56 Å². The van der Waals surface area contributed by atoms with Gasteiger partial charge in [0.15, 0.2) is 0 Å². The van der Waals surface area contributed by atoms with Crippen molar-refractivity contribution in [1.29, 1.82) is 0 Å². The molecule has 0 heterocycles. The molecule has 0 aliphatic heterocycles. The van der Waals surface area contributed by atoms with Crippen molar-refractivity contribution in [3.8, 4) is 5.75 Å². The number of benzene rings is 1. The van der Waals surface area contributed by atoms with Gasteiger partial charge in [0, 0.05) is 0 Å². The van der Waals surface area contributed by atoms with E-state index in [-0.39, 0.29) is 5.75 Å². The smallest absolute Gasteiger partial charge is 0.427 e. The van der Waals surface area contributed by atoms with Crippen molar-refractivity contribution in [2.45, 2.75) is 0 Å². The van der Waals surface area contributed by atoms with Crippen molar-refractivity contribution in [1.82, 2.24) is 5.43 Å². The van der Waals surface area contributed by atoms with E-state index < -0.39 is 6.09 Å². The van der Waals surface area contributed by atoms with Crippen LogP contribution in [0.15, 0.2) is 29.4 Å². The second-order valence-electron chi connectivity index (χ2n) is 2.46. The van der Waals surface area contributed by atoms with Crippen LogP contribution in [0.1, 0.15) is 5.56 Å². The summed E-state index contributed by atoms with van der Waals surface area (Å²) in [5.74, 6) is 0.145. The molecule has 0 aromatic heterocycles. The molecule has 1 rings (SSSR count). The molecule has 0 fully saturated rings. The first-order valence-electron chi connectivity index (χ1n) is 3.88. The molecule has 0 spiro atoms. The third-order valence-corrected chi connectivity index (χ3v) is 1.43. The zero-order valence-corrected chi connectivity index (χ0v) is 7.60. The molecule has 5 heteroatoms. The highest BCUT2D eigenvalue weighted by molar-refractivity contribution is 5.81.